The highest BCUT2D eigenvalue weighted by molar-refractivity contribution is 14.0. The number of nitrogens with zero attached hydrogens (tertiary/aromatic N) is 1. The number of fused-ring (bicyclic) bond motifs is 1. The molecule has 1 heterocycles. The minimum atomic E-state index is -2.94. The number of para-hydroxylation sites is 1. The lowest BCUT2D eigenvalue weighted by molar-refractivity contribution is -0.0505. The monoisotopic (exact) mass is 521 g/mol. The molecule has 0 aliphatic carbocycles. The summed E-state index contributed by atoms with van der Waals surface area (Å²) in [5.41, 5.74) is 0.494. The normalized spacial score (nSPS) is 12.3. The number of hydrogen-bond acceptors (Lipinski definition) is 5. The fourth-order valence-corrected chi connectivity index (χ4v) is 2.56. The summed E-state index contributed by atoms with van der Waals surface area (Å²) in [5.74, 6) is 2.16. The smallest absolute Gasteiger partial charge is 0.387 e. The minimum Gasteiger partial charge on any atom is -0.492 e. The van der Waals surface area contributed by atoms with Crippen molar-refractivity contribution in [1.29, 1.82) is 0 Å². The van der Waals surface area contributed by atoms with Crippen LogP contribution in [0.25, 0.3) is 0 Å². The summed E-state index contributed by atoms with van der Waals surface area (Å²) in [7, 11) is 1.61. The highest BCUT2D eigenvalue weighted by atomic mass is 127. The third kappa shape index (κ3) is 6.80. The van der Waals surface area contributed by atoms with Crippen molar-refractivity contribution in [3.05, 3.63) is 48.0 Å². The van der Waals surface area contributed by atoms with Crippen molar-refractivity contribution in [2.24, 2.45) is 4.99 Å². The number of ether oxygens (including phenoxy) is 4. The highest BCUT2D eigenvalue weighted by Gasteiger charge is 2.20. The average Bonchev–Trinajstić information content (AvgIpc) is 3.15. The van der Waals surface area contributed by atoms with E-state index in [4.69, 9.17) is 14.2 Å². The Morgan fingerprint density at radius 2 is 1.86 bits per heavy atom. The van der Waals surface area contributed by atoms with Crippen LogP contribution >= 0.6 is 24.0 Å². The van der Waals surface area contributed by atoms with Gasteiger partial charge in [-0.05, 0) is 18.2 Å². The van der Waals surface area contributed by atoms with E-state index in [0.717, 1.165) is 5.75 Å². The Balaban J connectivity index is 0.00000300. The van der Waals surface area contributed by atoms with Gasteiger partial charge in [-0.1, -0.05) is 18.2 Å². The van der Waals surface area contributed by atoms with Gasteiger partial charge >= 0.3 is 6.61 Å². The molecule has 2 aromatic carbocycles. The number of alkyl halides is 2. The predicted molar refractivity (Wildman–Crippen MR) is 115 cm³/mol. The molecule has 0 atom stereocenters. The Hall–Kier alpha value is -2.50. The van der Waals surface area contributed by atoms with Crippen molar-refractivity contribution in [1.82, 2.24) is 10.6 Å². The second-order valence-corrected chi connectivity index (χ2v) is 5.71. The molecule has 0 aromatic heterocycles. The summed E-state index contributed by atoms with van der Waals surface area (Å²) in [6, 6.07) is 12.5. The standard InChI is InChI=1S/C19H21F2N3O4.HI/c1-22-19(23-7-8-25-14-5-3-2-4-6-14)24-11-13-9-16-17(27-12-26-16)10-15(13)28-18(20)21;/h2-6,9-10,18H,7-8,11-12H2,1H3,(H2,22,23,24);1H. The van der Waals surface area contributed by atoms with Crippen LogP contribution in [0.4, 0.5) is 8.78 Å². The number of rotatable bonds is 8. The van der Waals surface area contributed by atoms with E-state index < -0.39 is 6.61 Å². The lowest BCUT2D eigenvalue weighted by Gasteiger charge is -2.15. The summed E-state index contributed by atoms with van der Waals surface area (Å²) in [5, 5.41) is 6.14. The fraction of sp³-hybridized carbons (Fsp3) is 0.316. The van der Waals surface area contributed by atoms with Gasteiger partial charge in [0.05, 0.1) is 6.54 Å². The van der Waals surface area contributed by atoms with E-state index in [1.807, 2.05) is 30.3 Å². The Bertz CT molecular complexity index is 810. The molecule has 0 fully saturated rings. The summed E-state index contributed by atoms with van der Waals surface area (Å²) >= 11 is 0. The third-order valence-corrected chi connectivity index (χ3v) is 3.85. The van der Waals surface area contributed by atoms with Crippen molar-refractivity contribution in [3.63, 3.8) is 0 Å². The molecule has 29 heavy (non-hydrogen) atoms. The molecular weight excluding hydrogens is 499 g/mol. The summed E-state index contributed by atoms with van der Waals surface area (Å²) in [4.78, 5) is 4.10. The molecule has 0 saturated carbocycles. The van der Waals surface area contributed by atoms with Crippen LogP contribution in [0, 0.1) is 0 Å². The maximum absolute atomic E-state index is 12.7. The van der Waals surface area contributed by atoms with Crippen molar-refractivity contribution in [3.8, 4) is 23.0 Å². The van der Waals surface area contributed by atoms with E-state index in [2.05, 4.69) is 20.4 Å². The number of halogens is 3. The predicted octanol–water partition coefficient (Wildman–Crippen LogP) is 3.38. The van der Waals surface area contributed by atoms with Crippen molar-refractivity contribution in [2.45, 2.75) is 13.2 Å². The van der Waals surface area contributed by atoms with Crippen LogP contribution in [0.1, 0.15) is 5.56 Å². The van der Waals surface area contributed by atoms with E-state index in [9.17, 15) is 8.78 Å². The van der Waals surface area contributed by atoms with Gasteiger partial charge in [-0.2, -0.15) is 8.78 Å². The molecule has 2 N–H and O–H groups in total. The van der Waals surface area contributed by atoms with Crippen LogP contribution in [0.15, 0.2) is 47.5 Å². The molecule has 1 aliphatic heterocycles. The quantitative estimate of drug-likeness (QED) is 0.240. The molecule has 1 aliphatic rings. The Morgan fingerprint density at radius 1 is 1.14 bits per heavy atom. The number of aliphatic imine (C=N–C) groups is 1. The van der Waals surface area contributed by atoms with Gasteiger partial charge < -0.3 is 29.6 Å². The maximum atomic E-state index is 12.7. The summed E-state index contributed by atoms with van der Waals surface area (Å²) in [6.45, 7) is -1.74. The summed E-state index contributed by atoms with van der Waals surface area (Å²) in [6.07, 6.45) is 0. The van der Waals surface area contributed by atoms with Crippen LogP contribution in [-0.2, 0) is 6.54 Å². The average molecular weight is 521 g/mol. The topological polar surface area (TPSA) is 73.3 Å². The van der Waals surface area contributed by atoms with E-state index in [0.29, 0.717) is 36.2 Å². The number of nitrogens with one attached hydrogen (secondary N) is 2. The zero-order chi connectivity index (χ0) is 19.8. The molecule has 0 unspecified atom stereocenters. The largest absolute Gasteiger partial charge is 0.492 e. The maximum Gasteiger partial charge on any atom is 0.387 e. The van der Waals surface area contributed by atoms with E-state index in [1.54, 1.807) is 13.1 Å². The van der Waals surface area contributed by atoms with Gasteiger partial charge in [0.15, 0.2) is 17.5 Å². The van der Waals surface area contributed by atoms with Crippen molar-refractivity contribution >= 4 is 29.9 Å². The molecule has 158 valence electrons. The number of hydrogen-bond donors (Lipinski definition) is 2. The van der Waals surface area contributed by atoms with Crippen molar-refractivity contribution in [2.75, 3.05) is 27.0 Å². The fourth-order valence-electron chi connectivity index (χ4n) is 2.56. The van der Waals surface area contributed by atoms with Crippen LogP contribution in [0.5, 0.6) is 23.0 Å². The first-order valence-corrected chi connectivity index (χ1v) is 8.65. The lowest BCUT2D eigenvalue weighted by atomic mass is 10.1. The second kappa shape index (κ2) is 11.5. The van der Waals surface area contributed by atoms with Gasteiger partial charge in [0, 0.05) is 25.2 Å². The zero-order valence-corrected chi connectivity index (χ0v) is 18.0. The Kier molecular flexibility index (Phi) is 9.03. The molecule has 7 nitrogen and oxygen atoms in total. The SMILES string of the molecule is CN=C(NCCOc1ccccc1)NCc1cc2c(cc1OC(F)F)OCO2.I. The van der Waals surface area contributed by atoms with E-state index >= 15 is 0 Å². The van der Waals surface area contributed by atoms with E-state index in [-0.39, 0.29) is 43.1 Å². The van der Waals surface area contributed by atoms with Crippen LogP contribution in [-0.4, -0.2) is 39.6 Å². The molecule has 0 spiro atoms. The second-order valence-electron chi connectivity index (χ2n) is 5.71. The van der Waals surface area contributed by atoms with Crippen molar-refractivity contribution < 1.29 is 27.7 Å². The molecule has 0 saturated heterocycles. The Morgan fingerprint density at radius 3 is 2.55 bits per heavy atom. The van der Waals surface area contributed by atoms with Gasteiger partial charge in [-0.15, -0.1) is 24.0 Å². The third-order valence-electron chi connectivity index (χ3n) is 3.85. The molecule has 2 aromatic rings. The first kappa shape index (κ1) is 22.8. The molecule has 0 bridgehead atoms. The molecule has 10 heteroatoms. The lowest BCUT2D eigenvalue weighted by Crippen LogP contribution is -2.39. The van der Waals surface area contributed by atoms with Gasteiger partial charge in [0.2, 0.25) is 6.79 Å². The van der Waals surface area contributed by atoms with E-state index in [1.165, 1.54) is 6.07 Å². The zero-order valence-electron chi connectivity index (χ0n) is 15.7. The molecule has 0 radical (unpaired) electrons. The van der Waals surface area contributed by atoms with Gasteiger partial charge in [0.25, 0.3) is 0 Å². The van der Waals surface area contributed by atoms with Crippen LogP contribution < -0.4 is 29.6 Å². The first-order valence-electron chi connectivity index (χ1n) is 8.65. The highest BCUT2D eigenvalue weighted by Crippen LogP contribution is 2.38. The van der Waals surface area contributed by atoms with Gasteiger partial charge in [0.1, 0.15) is 18.1 Å². The Labute approximate surface area is 184 Å². The summed E-state index contributed by atoms with van der Waals surface area (Å²) < 4.78 is 46.1. The molecule has 0 amide bonds. The van der Waals surface area contributed by atoms with Crippen LogP contribution in [0.2, 0.25) is 0 Å². The van der Waals surface area contributed by atoms with Gasteiger partial charge in [-0.3, -0.25) is 4.99 Å². The molecular formula is C19H22F2IN3O4. The molecule has 3 rings (SSSR count). The minimum absolute atomic E-state index is 0. The van der Waals surface area contributed by atoms with Crippen LogP contribution in [0.3, 0.4) is 0 Å². The van der Waals surface area contributed by atoms with Gasteiger partial charge in [-0.25, -0.2) is 0 Å². The number of guanidine groups is 1. The number of benzene rings is 2. The first-order chi connectivity index (χ1) is 13.7.